The second-order valence-corrected chi connectivity index (χ2v) is 19.2. The van der Waals surface area contributed by atoms with E-state index in [0.717, 1.165) is 70.6 Å². The Hall–Kier alpha value is -2.38. The molecule has 0 spiro atoms. The van der Waals surface area contributed by atoms with E-state index in [4.69, 9.17) is 9.47 Å². The minimum Gasteiger partial charge on any atom is -0.466 e. The maximum Gasteiger partial charge on any atom is 0.315 e. The van der Waals surface area contributed by atoms with Crippen LogP contribution in [0.3, 0.4) is 0 Å². The van der Waals surface area contributed by atoms with Crippen molar-refractivity contribution < 1.29 is 28.7 Å². The summed E-state index contributed by atoms with van der Waals surface area (Å²) in [6.07, 6.45) is 15.7. The van der Waals surface area contributed by atoms with Crippen LogP contribution in [0.4, 0.5) is 0 Å². The first-order valence-corrected chi connectivity index (χ1v) is 21.0. The van der Waals surface area contributed by atoms with Crippen LogP contribution in [0.15, 0.2) is 12.2 Å². The van der Waals surface area contributed by atoms with Crippen LogP contribution in [0.5, 0.6) is 0 Å². The van der Waals surface area contributed by atoms with Crippen LogP contribution >= 0.6 is 0 Å². The van der Waals surface area contributed by atoms with Crippen molar-refractivity contribution in [2.75, 3.05) is 19.7 Å². The molecule has 5 rings (SSSR count). The van der Waals surface area contributed by atoms with Gasteiger partial charge in [0.25, 0.3) is 0 Å². The normalized spacial score (nSPS) is 38.8. The van der Waals surface area contributed by atoms with Gasteiger partial charge in [-0.3, -0.25) is 19.2 Å². The molecule has 5 aliphatic carbocycles. The van der Waals surface area contributed by atoms with Crippen LogP contribution in [-0.4, -0.2) is 49.6 Å². The van der Waals surface area contributed by atoms with Gasteiger partial charge in [0.05, 0.1) is 12.0 Å². The van der Waals surface area contributed by atoms with Crippen molar-refractivity contribution in [1.82, 2.24) is 10.6 Å². The molecule has 8 nitrogen and oxygen atoms in total. The molecule has 52 heavy (non-hydrogen) atoms. The van der Waals surface area contributed by atoms with Crippen LogP contribution in [-0.2, 0) is 28.7 Å². The van der Waals surface area contributed by atoms with Crippen LogP contribution in [0.2, 0.25) is 0 Å². The van der Waals surface area contributed by atoms with Crippen LogP contribution in [0, 0.1) is 56.7 Å². The summed E-state index contributed by atoms with van der Waals surface area (Å²) in [6.45, 7) is 24.2. The fourth-order valence-corrected chi connectivity index (χ4v) is 13.7. The van der Waals surface area contributed by atoms with Gasteiger partial charge in [0.15, 0.2) is 0 Å². The number of rotatable bonds is 14. The highest BCUT2D eigenvalue weighted by molar-refractivity contribution is 5.94. The summed E-state index contributed by atoms with van der Waals surface area (Å²) >= 11 is 0. The van der Waals surface area contributed by atoms with Gasteiger partial charge in [-0.25, -0.2) is 0 Å². The summed E-state index contributed by atoms with van der Waals surface area (Å²) in [5.74, 6) is 1.80. The second kappa shape index (κ2) is 15.8. The number of allylic oxidation sites excluding steroid dienone is 1. The van der Waals surface area contributed by atoms with Gasteiger partial charge in [-0.15, -0.1) is 0 Å². The maximum atomic E-state index is 14.4. The number of nitrogens with one attached hydrogen (secondary N) is 2. The first-order chi connectivity index (χ1) is 24.5. The van der Waals surface area contributed by atoms with E-state index in [1.807, 2.05) is 0 Å². The molecular formula is C44H72N2O6. The average Bonchev–Trinajstić information content (AvgIpc) is 3.47. The molecule has 2 N–H and O–H groups in total. The Kier molecular flexibility index (Phi) is 12.4. The van der Waals surface area contributed by atoms with Crippen molar-refractivity contribution >= 4 is 23.8 Å². The van der Waals surface area contributed by atoms with E-state index in [1.54, 1.807) is 13.8 Å². The molecule has 0 aromatic carbocycles. The van der Waals surface area contributed by atoms with E-state index in [9.17, 15) is 19.2 Å². The van der Waals surface area contributed by atoms with Crippen LogP contribution in [0.25, 0.3) is 0 Å². The zero-order chi connectivity index (χ0) is 38.1. The third kappa shape index (κ3) is 7.23. The number of fused-ring (bicyclic) bond motifs is 7. The number of amides is 2. The lowest BCUT2D eigenvalue weighted by atomic mass is 9.32. The lowest BCUT2D eigenvalue weighted by Gasteiger charge is -2.72. The number of ether oxygens (including phenoxy) is 2. The Balaban J connectivity index is 1.20. The predicted molar refractivity (Wildman–Crippen MR) is 205 cm³/mol. The monoisotopic (exact) mass is 725 g/mol. The topological polar surface area (TPSA) is 111 Å². The van der Waals surface area contributed by atoms with Gasteiger partial charge in [-0.2, -0.15) is 0 Å². The highest BCUT2D eigenvalue weighted by Gasteiger charge is 2.72. The molecule has 0 heterocycles. The highest BCUT2D eigenvalue weighted by Crippen LogP contribution is 2.77. The summed E-state index contributed by atoms with van der Waals surface area (Å²) in [6, 6.07) is 0. The zero-order valence-corrected chi connectivity index (χ0v) is 34.1. The summed E-state index contributed by atoms with van der Waals surface area (Å²) in [4.78, 5) is 49.8. The molecule has 5 fully saturated rings. The second-order valence-electron chi connectivity index (χ2n) is 19.2. The van der Waals surface area contributed by atoms with Gasteiger partial charge >= 0.3 is 11.9 Å². The fourth-order valence-electron chi connectivity index (χ4n) is 13.7. The molecule has 294 valence electrons. The smallest absolute Gasteiger partial charge is 0.315 e. The van der Waals surface area contributed by atoms with E-state index >= 15 is 0 Å². The molecule has 0 aromatic rings. The Labute approximate surface area is 315 Å². The quantitative estimate of drug-likeness (QED) is 0.0803. The van der Waals surface area contributed by atoms with E-state index in [2.05, 4.69) is 58.8 Å². The standard InChI is InChI=1S/C44H72N2O6/c1-10-51-37(49)28-36(48)45-26-14-12-11-13-15-27-46-39(50)44-23-18-31(29(2)3)38(44)32-16-17-34-41(7)21-20-35(52-30(4)47)40(5,6)33(41)19-22-43(34,9)42(32,8)24-25-44/h31-35,38H,2,10-28H2,1,3-9H3,(H,45,48)(H,46,50)/t31-,32+,33-,34+,35-,38+,41-,42+,43+,44-/m0/s1. The number of carbonyl (C=O) groups is 4. The molecule has 0 aromatic heterocycles. The predicted octanol–water partition coefficient (Wildman–Crippen LogP) is 8.71. The Morgan fingerprint density at radius 1 is 0.731 bits per heavy atom. The molecule has 0 radical (unpaired) electrons. The van der Waals surface area contributed by atoms with Crippen molar-refractivity contribution in [2.24, 2.45) is 56.7 Å². The zero-order valence-electron chi connectivity index (χ0n) is 34.1. The first-order valence-electron chi connectivity index (χ1n) is 21.0. The lowest BCUT2D eigenvalue weighted by Crippen LogP contribution is -2.67. The molecule has 2 amide bonds. The number of unbranched alkanes of at least 4 members (excludes halogenated alkanes) is 4. The Bertz CT molecular complexity index is 1360. The minimum absolute atomic E-state index is 0.00702. The van der Waals surface area contributed by atoms with Gasteiger partial charge in [0, 0.05) is 25.4 Å². The molecule has 5 saturated carbocycles. The van der Waals surface area contributed by atoms with Gasteiger partial charge in [0.2, 0.25) is 11.8 Å². The first kappa shape index (κ1) is 40.8. The third-order valence-electron chi connectivity index (χ3n) is 16.3. The Morgan fingerprint density at radius 3 is 2.06 bits per heavy atom. The summed E-state index contributed by atoms with van der Waals surface area (Å²) in [5, 5.41) is 6.26. The van der Waals surface area contributed by atoms with Gasteiger partial charge < -0.3 is 20.1 Å². The molecular weight excluding hydrogens is 652 g/mol. The third-order valence-corrected chi connectivity index (χ3v) is 16.3. The fraction of sp³-hybridized carbons (Fsp3) is 0.864. The van der Waals surface area contributed by atoms with Crippen molar-refractivity contribution in [2.45, 2.75) is 164 Å². The highest BCUT2D eigenvalue weighted by atomic mass is 16.5. The van der Waals surface area contributed by atoms with Crippen LogP contribution in [0.1, 0.15) is 158 Å². The van der Waals surface area contributed by atoms with Crippen LogP contribution < -0.4 is 10.6 Å². The molecule has 10 atom stereocenters. The largest absolute Gasteiger partial charge is 0.466 e. The lowest BCUT2D eigenvalue weighted by molar-refractivity contribution is -0.248. The Morgan fingerprint density at radius 2 is 1.40 bits per heavy atom. The summed E-state index contributed by atoms with van der Waals surface area (Å²) < 4.78 is 10.8. The number of esters is 2. The molecule has 5 aliphatic rings. The van der Waals surface area contributed by atoms with Gasteiger partial charge in [0.1, 0.15) is 12.5 Å². The van der Waals surface area contributed by atoms with Crippen molar-refractivity contribution in [3.8, 4) is 0 Å². The number of hydrogen-bond donors (Lipinski definition) is 2. The van der Waals surface area contributed by atoms with E-state index in [1.165, 1.54) is 31.3 Å². The van der Waals surface area contributed by atoms with Gasteiger partial charge in [-0.1, -0.05) is 66.0 Å². The molecule has 0 saturated heterocycles. The SMILES string of the molecule is C=C(C)[C@@H]1CC[C@]2(C(=O)NCCCCCCCNC(=O)CC(=O)OCC)CC[C@]3(C)[C@H](CC[C@@H]4[C@@]5(C)CC[C@H](OC(C)=O)C(C)(C)[C@@H]5CC[C@]43C)[C@@H]12. The van der Waals surface area contributed by atoms with Crippen molar-refractivity contribution in [3.63, 3.8) is 0 Å². The maximum absolute atomic E-state index is 14.4. The van der Waals surface area contributed by atoms with E-state index in [-0.39, 0.29) is 58.1 Å². The number of carbonyl (C=O) groups excluding carboxylic acids is 4. The van der Waals surface area contributed by atoms with E-state index < -0.39 is 5.97 Å². The summed E-state index contributed by atoms with van der Waals surface area (Å²) in [5.41, 5.74) is 1.51. The van der Waals surface area contributed by atoms with E-state index in [0.29, 0.717) is 48.6 Å². The van der Waals surface area contributed by atoms with Crippen molar-refractivity contribution in [3.05, 3.63) is 12.2 Å². The summed E-state index contributed by atoms with van der Waals surface area (Å²) in [7, 11) is 0. The molecule has 0 bridgehead atoms. The molecule has 0 unspecified atom stereocenters. The average molecular weight is 725 g/mol. The minimum atomic E-state index is -0.484. The van der Waals surface area contributed by atoms with Crippen molar-refractivity contribution in [1.29, 1.82) is 0 Å². The van der Waals surface area contributed by atoms with Gasteiger partial charge in [-0.05, 0) is 137 Å². The molecule has 8 heteroatoms. The number of hydrogen-bond acceptors (Lipinski definition) is 6. The molecule has 0 aliphatic heterocycles.